The molecule has 10 heteroatoms. The van der Waals surface area contributed by atoms with E-state index in [9.17, 15) is 22.8 Å². The average Bonchev–Trinajstić information content (AvgIpc) is 2.62. The van der Waals surface area contributed by atoms with Crippen molar-refractivity contribution in [1.29, 1.82) is 0 Å². The zero-order valence-electron chi connectivity index (χ0n) is 16.2. The Labute approximate surface area is 169 Å². The first kappa shape index (κ1) is 22.1. The zero-order valence-corrected chi connectivity index (χ0v) is 17.0. The molecule has 0 aliphatic rings. The number of sulfonamides is 1. The van der Waals surface area contributed by atoms with Crippen LogP contribution in [0, 0.1) is 0 Å². The molecular weight excluding hydrogens is 396 g/mol. The topological polar surface area (TPSA) is 125 Å². The van der Waals surface area contributed by atoms with Crippen molar-refractivity contribution in [2.75, 3.05) is 29.5 Å². The second-order valence-corrected chi connectivity index (χ2v) is 8.32. The minimum atomic E-state index is -3.88. The fraction of sp³-hybridized carbons (Fsp3) is 0.211. The Balaban J connectivity index is 2.00. The summed E-state index contributed by atoms with van der Waals surface area (Å²) in [4.78, 5) is 34.3. The highest BCUT2D eigenvalue weighted by molar-refractivity contribution is 7.89. The quantitative estimate of drug-likeness (QED) is 0.633. The molecule has 0 heterocycles. The summed E-state index contributed by atoms with van der Waals surface area (Å²) >= 11 is 0. The van der Waals surface area contributed by atoms with Crippen molar-refractivity contribution in [3.05, 3.63) is 48.5 Å². The maximum Gasteiger partial charge on any atom is 0.243 e. The molecule has 0 aliphatic heterocycles. The van der Waals surface area contributed by atoms with Crippen molar-refractivity contribution < 1.29 is 22.8 Å². The highest BCUT2D eigenvalue weighted by Gasteiger charge is 2.23. The maximum absolute atomic E-state index is 12.6. The number of hydrogen-bond acceptors (Lipinski definition) is 5. The van der Waals surface area contributed by atoms with Gasteiger partial charge >= 0.3 is 0 Å². The third-order valence-electron chi connectivity index (χ3n) is 3.74. The van der Waals surface area contributed by atoms with Crippen LogP contribution < -0.4 is 16.0 Å². The molecule has 3 N–H and O–H groups in total. The molecule has 2 rings (SSSR count). The molecule has 0 fully saturated rings. The van der Waals surface area contributed by atoms with Gasteiger partial charge in [-0.1, -0.05) is 0 Å². The summed E-state index contributed by atoms with van der Waals surface area (Å²) < 4.78 is 26.2. The van der Waals surface area contributed by atoms with E-state index >= 15 is 0 Å². The van der Waals surface area contributed by atoms with Gasteiger partial charge < -0.3 is 16.0 Å². The fourth-order valence-corrected chi connectivity index (χ4v) is 3.55. The lowest BCUT2D eigenvalue weighted by molar-refractivity contribution is -0.116. The molecule has 3 amide bonds. The standard InChI is InChI=1S/C19H22N4O5S/c1-13(24)20-15-4-6-17(7-5-15)22-19(26)12-23(3)29(27,28)18-10-8-16(9-11-18)21-14(2)25/h4-11H,12H2,1-3H3,(H,20,24)(H,21,25)(H,22,26). The smallest absolute Gasteiger partial charge is 0.243 e. The van der Waals surface area contributed by atoms with E-state index in [1.54, 1.807) is 24.3 Å². The number of likely N-dealkylation sites (N-methyl/N-ethyl adjacent to an activating group) is 1. The van der Waals surface area contributed by atoms with E-state index in [1.165, 1.54) is 45.2 Å². The van der Waals surface area contributed by atoms with Crippen LogP contribution >= 0.6 is 0 Å². The van der Waals surface area contributed by atoms with E-state index in [0.29, 0.717) is 17.1 Å². The predicted molar refractivity (Wildman–Crippen MR) is 110 cm³/mol. The summed E-state index contributed by atoms with van der Waals surface area (Å²) in [7, 11) is -2.58. The third-order valence-corrected chi connectivity index (χ3v) is 5.56. The van der Waals surface area contributed by atoms with E-state index in [1.807, 2.05) is 0 Å². The Morgan fingerprint density at radius 1 is 0.759 bits per heavy atom. The minimum Gasteiger partial charge on any atom is -0.326 e. The number of rotatable bonds is 7. The molecule has 2 aromatic carbocycles. The van der Waals surface area contributed by atoms with Gasteiger partial charge in [0.2, 0.25) is 27.7 Å². The molecule has 0 spiro atoms. The highest BCUT2D eigenvalue weighted by atomic mass is 32.2. The van der Waals surface area contributed by atoms with E-state index in [-0.39, 0.29) is 23.3 Å². The van der Waals surface area contributed by atoms with Crippen LogP contribution in [-0.4, -0.2) is 44.0 Å². The lowest BCUT2D eigenvalue weighted by Gasteiger charge is -2.17. The fourth-order valence-electron chi connectivity index (χ4n) is 2.42. The van der Waals surface area contributed by atoms with Crippen LogP contribution in [0.3, 0.4) is 0 Å². The van der Waals surface area contributed by atoms with Gasteiger partial charge in [-0.05, 0) is 48.5 Å². The van der Waals surface area contributed by atoms with Crippen LogP contribution in [0.15, 0.2) is 53.4 Å². The molecule has 0 aromatic heterocycles. The van der Waals surface area contributed by atoms with Gasteiger partial charge in [-0.25, -0.2) is 8.42 Å². The number of anilines is 3. The number of hydrogen-bond donors (Lipinski definition) is 3. The average molecular weight is 418 g/mol. The van der Waals surface area contributed by atoms with Gasteiger partial charge in [-0.3, -0.25) is 14.4 Å². The Bertz CT molecular complexity index is 1000. The van der Waals surface area contributed by atoms with Crippen molar-refractivity contribution in [3.63, 3.8) is 0 Å². The number of nitrogens with one attached hydrogen (secondary N) is 3. The second-order valence-electron chi connectivity index (χ2n) is 6.27. The first-order valence-electron chi connectivity index (χ1n) is 8.59. The number of amides is 3. The Morgan fingerprint density at radius 2 is 1.14 bits per heavy atom. The largest absolute Gasteiger partial charge is 0.326 e. The predicted octanol–water partition coefficient (Wildman–Crippen LogP) is 1.86. The van der Waals surface area contributed by atoms with E-state index in [0.717, 1.165) is 4.31 Å². The van der Waals surface area contributed by atoms with Gasteiger partial charge in [0.1, 0.15) is 0 Å². The summed E-state index contributed by atoms with van der Waals surface area (Å²) in [5.41, 5.74) is 1.52. The summed E-state index contributed by atoms with van der Waals surface area (Å²) in [6, 6.07) is 12.1. The van der Waals surface area contributed by atoms with Gasteiger partial charge in [0.25, 0.3) is 0 Å². The van der Waals surface area contributed by atoms with Crippen molar-refractivity contribution in [1.82, 2.24) is 4.31 Å². The molecule has 0 atom stereocenters. The van der Waals surface area contributed by atoms with Crippen LogP contribution in [0.1, 0.15) is 13.8 Å². The minimum absolute atomic E-state index is 0.00145. The molecule has 0 unspecified atom stereocenters. The molecule has 0 bridgehead atoms. The van der Waals surface area contributed by atoms with Gasteiger partial charge in [-0.2, -0.15) is 4.31 Å². The van der Waals surface area contributed by atoms with Crippen LogP contribution in [-0.2, 0) is 24.4 Å². The van der Waals surface area contributed by atoms with E-state index in [2.05, 4.69) is 16.0 Å². The van der Waals surface area contributed by atoms with Crippen LogP contribution in [0.25, 0.3) is 0 Å². The Hall–Kier alpha value is -3.24. The maximum atomic E-state index is 12.6. The first-order chi connectivity index (χ1) is 13.6. The second kappa shape index (κ2) is 9.30. The van der Waals surface area contributed by atoms with Crippen molar-refractivity contribution in [2.24, 2.45) is 0 Å². The van der Waals surface area contributed by atoms with Gasteiger partial charge in [-0.15, -0.1) is 0 Å². The monoisotopic (exact) mass is 418 g/mol. The summed E-state index contributed by atoms with van der Waals surface area (Å²) in [6.07, 6.45) is 0. The van der Waals surface area contributed by atoms with Crippen molar-refractivity contribution in [2.45, 2.75) is 18.7 Å². The molecule has 154 valence electrons. The first-order valence-corrected chi connectivity index (χ1v) is 10.0. The van der Waals surface area contributed by atoms with Crippen molar-refractivity contribution >= 4 is 44.8 Å². The molecule has 0 aliphatic carbocycles. The third kappa shape index (κ3) is 6.40. The Kier molecular flexibility index (Phi) is 7.08. The summed E-state index contributed by atoms with van der Waals surface area (Å²) in [5.74, 6) is -0.989. The van der Waals surface area contributed by atoms with E-state index < -0.39 is 15.9 Å². The normalized spacial score (nSPS) is 11.0. The molecule has 0 saturated carbocycles. The van der Waals surface area contributed by atoms with Gasteiger partial charge in [0, 0.05) is 38.0 Å². The van der Waals surface area contributed by atoms with Crippen LogP contribution in [0.5, 0.6) is 0 Å². The lowest BCUT2D eigenvalue weighted by atomic mass is 10.2. The molecule has 0 radical (unpaired) electrons. The van der Waals surface area contributed by atoms with Gasteiger partial charge in [0.05, 0.1) is 11.4 Å². The summed E-state index contributed by atoms with van der Waals surface area (Å²) in [6.45, 7) is 2.35. The zero-order chi connectivity index (χ0) is 21.6. The van der Waals surface area contributed by atoms with Crippen LogP contribution in [0.2, 0.25) is 0 Å². The van der Waals surface area contributed by atoms with Crippen LogP contribution in [0.4, 0.5) is 17.1 Å². The number of benzene rings is 2. The number of nitrogens with zero attached hydrogens (tertiary/aromatic N) is 1. The number of carbonyl (C=O) groups is 3. The number of carbonyl (C=O) groups excluding carboxylic acids is 3. The molecule has 0 saturated heterocycles. The summed E-state index contributed by atoms with van der Waals surface area (Å²) in [5, 5.41) is 7.76. The molecule has 9 nitrogen and oxygen atoms in total. The lowest BCUT2D eigenvalue weighted by Crippen LogP contribution is -2.34. The molecule has 2 aromatic rings. The highest BCUT2D eigenvalue weighted by Crippen LogP contribution is 2.18. The Morgan fingerprint density at radius 3 is 1.55 bits per heavy atom. The SMILES string of the molecule is CC(=O)Nc1ccc(NC(=O)CN(C)S(=O)(=O)c2ccc(NC(C)=O)cc2)cc1. The van der Waals surface area contributed by atoms with Crippen molar-refractivity contribution in [3.8, 4) is 0 Å². The van der Waals surface area contributed by atoms with Gasteiger partial charge in [0.15, 0.2) is 0 Å². The van der Waals surface area contributed by atoms with E-state index in [4.69, 9.17) is 0 Å². The molecule has 29 heavy (non-hydrogen) atoms. The molecular formula is C19H22N4O5S.